The molecule has 19 heavy (non-hydrogen) atoms. The third kappa shape index (κ3) is 2.54. The first-order valence-electron chi connectivity index (χ1n) is 6.40. The van der Waals surface area contributed by atoms with Crippen LogP contribution in [0.1, 0.15) is 18.4 Å². The molecule has 0 saturated carbocycles. The van der Waals surface area contributed by atoms with Crippen LogP contribution in [0.5, 0.6) is 11.5 Å². The van der Waals surface area contributed by atoms with E-state index in [-0.39, 0.29) is 18.1 Å². The number of carbonyl (C=O) groups excluding carboxylic acids is 2. The fraction of sp³-hybridized carbons (Fsp3) is 0.429. The number of hydrogen-bond acceptors (Lipinski definition) is 4. The molecule has 5 heteroatoms. The summed E-state index contributed by atoms with van der Waals surface area (Å²) in [4.78, 5) is 24.6. The second-order valence-corrected chi connectivity index (χ2v) is 4.76. The number of ketones is 1. The Morgan fingerprint density at radius 3 is 2.68 bits per heavy atom. The van der Waals surface area contributed by atoms with Crippen LogP contribution in [-0.4, -0.2) is 36.3 Å². The number of rotatable bonds is 2. The molecule has 0 spiro atoms. The molecule has 0 radical (unpaired) electrons. The van der Waals surface area contributed by atoms with Crippen LogP contribution in [-0.2, 0) is 16.1 Å². The zero-order valence-corrected chi connectivity index (χ0v) is 10.6. The van der Waals surface area contributed by atoms with Gasteiger partial charge < -0.3 is 14.4 Å². The molecule has 2 aliphatic heterocycles. The summed E-state index contributed by atoms with van der Waals surface area (Å²) < 4.78 is 11.0. The van der Waals surface area contributed by atoms with Gasteiger partial charge in [-0.05, 0) is 17.7 Å². The van der Waals surface area contributed by atoms with Crippen molar-refractivity contribution >= 4 is 11.7 Å². The van der Waals surface area contributed by atoms with Gasteiger partial charge in [0.05, 0.1) is 6.42 Å². The van der Waals surface area contributed by atoms with Gasteiger partial charge in [-0.15, -0.1) is 0 Å². The molecule has 1 aromatic carbocycles. The van der Waals surface area contributed by atoms with E-state index in [4.69, 9.17) is 9.47 Å². The molecule has 0 bridgehead atoms. The highest BCUT2D eigenvalue weighted by Gasteiger charge is 2.24. The highest BCUT2D eigenvalue weighted by atomic mass is 16.6. The van der Waals surface area contributed by atoms with Gasteiger partial charge in [0, 0.05) is 19.5 Å². The van der Waals surface area contributed by atoms with E-state index in [1.807, 2.05) is 18.2 Å². The average Bonchev–Trinajstić information content (AvgIpc) is 2.42. The monoisotopic (exact) mass is 261 g/mol. The van der Waals surface area contributed by atoms with Crippen molar-refractivity contribution in [1.29, 1.82) is 0 Å². The van der Waals surface area contributed by atoms with E-state index in [0.29, 0.717) is 32.7 Å². The number of ether oxygens (including phenoxy) is 2. The topological polar surface area (TPSA) is 55.8 Å². The number of fused-ring (bicyclic) bond motifs is 1. The van der Waals surface area contributed by atoms with Crippen molar-refractivity contribution in [3.05, 3.63) is 23.8 Å². The van der Waals surface area contributed by atoms with Gasteiger partial charge in [0.25, 0.3) is 0 Å². The maximum absolute atomic E-state index is 11.7. The number of amides is 1. The summed E-state index contributed by atoms with van der Waals surface area (Å²) in [6.07, 6.45) is 0.487. The molecule has 0 aromatic heterocycles. The minimum Gasteiger partial charge on any atom is -0.486 e. The Balaban J connectivity index is 1.73. The molecular formula is C14H15NO4. The highest BCUT2D eigenvalue weighted by molar-refractivity contribution is 6.00. The van der Waals surface area contributed by atoms with Crippen LogP contribution in [0.15, 0.2) is 18.2 Å². The molecule has 1 saturated heterocycles. The second-order valence-electron chi connectivity index (χ2n) is 4.76. The fourth-order valence-electron chi connectivity index (χ4n) is 2.33. The Morgan fingerprint density at radius 2 is 1.89 bits per heavy atom. The molecule has 0 atom stereocenters. The first-order chi connectivity index (χ1) is 9.22. The Hall–Kier alpha value is -2.04. The minimum absolute atomic E-state index is 0.0309. The Morgan fingerprint density at radius 1 is 1.11 bits per heavy atom. The van der Waals surface area contributed by atoms with Crippen molar-refractivity contribution in [3.8, 4) is 11.5 Å². The van der Waals surface area contributed by atoms with Gasteiger partial charge >= 0.3 is 0 Å². The third-order valence-corrected chi connectivity index (χ3v) is 3.34. The number of Topliss-reactive ketones (excluding diaryl/α,β-unsaturated/α-hetero) is 1. The maximum atomic E-state index is 11.7. The molecule has 1 fully saturated rings. The van der Waals surface area contributed by atoms with Crippen LogP contribution in [0, 0.1) is 0 Å². The van der Waals surface area contributed by atoms with Gasteiger partial charge in [-0.2, -0.15) is 0 Å². The molecule has 1 amide bonds. The SMILES string of the molecule is O=C1CCN(Cc2ccc3c(c2)OCCO3)C(=O)C1. The van der Waals surface area contributed by atoms with Crippen LogP contribution in [0.4, 0.5) is 0 Å². The van der Waals surface area contributed by atoms with Crippen LogP contribution in [0.2, 0.25) is 0 Å². The quantitative estimate of drug-likeness (QED) is 0.749. The molecule has 2 heterocycles. The zero-order chi connectivity index (χ0) is 13.2. The van der Waals surface area contributed by atoms with Gasteiger partial charge in [0.2, 0.25) is 5.91 Å². The van der Waals surface area contributed by atoms with Gasteiger partial charge in [-0.3, -0.25) is 9.59 Å². The van der Waals surface area contributed by atoms with Crippen molar-refractivity contribution < 1.29 is 19.1 Å². The Kier molecular flexibility index (Phi) is 3.11. The molecule has 100 valence electrons. The summed E-state index contributed by atoms with van der Waals surface area (Å²) >= 11 is 0. The van der Waals surface area contributed by atoms with E-state index in [1.54, 1.807) is 4.90 Å². The number of piperidine rings is 1. The number of carbonyl (C=O) groups is 2. The first kappa shape index (κ1) is 12.0. The standard InChI is InChI=1S/C14H15NO4/c16-11-3-4-15(14(17)8-11)9-10-1-2-12-13(7-10)19-6-5-18-12/h1-2,7H,3-6,8-9H2. The van der Waals surface area contributed by atoms with Crippen molar-refractivity contribution in [2.24, 2.45) is 0 Å². The number of nitrogens with zero attached hydrogens (tertiary/aromatic N) is 1. The molecular weight excluding hydrogens is 246 g/mol. The molecule has 0 unspecified atom stereocenters. The molecule has 2 aliphatic rings. The lowest BCUT2D eigenvalue weighted by Gasteiger charge is -2.26. The van der Waals surface area contributed by atoms with E-state index < -0.39 is 0 Å². The van der Waals surface area contributed by atoms with Crippen LogP contribution < -0.4 is 9.47 Å². The van der Waals surface area contributed by atoms with E-state index in [1.165, 1.54) is 0 Å². The van der Waals surface area contributed by atoms with Gasteiger partial charge in [-0.25, -0.2) is 0 Å². The van der Waals surface area contributed by atoms with Gasteiger partial charge in [-0.1, -0.05) is 6.07 Å². The summed E-state index contributed by atoms with van der Waals surface area (Å²) in [6, 6.07) is 5.69. The van der Waals surface area contributed by atoms with Crippen LogP contribution in [0.25, 0.3) is 0 Å². The fourth-order valence-corrected chi connectivity index (χ4v) is 2.33. The lowest BCUT2D eigenvalue weighted by atomic mass is 10.1. The molecule has 1 aromatic rings. The highest BCUT2D eigenvalue weighted by Crippen LogP contribution is 2.31. The predicted molar refractivity (Wildman–Crippen MR) is 67.1 cm³/mol. The second kappa shape index (κ2) is 4.91. The summed E-state index contributed by atoms with van der Waals surface area (Å²) in [6.45, 7) is 2.14. The normalized spacial score (nSPS) is 18.6. The lowest BCUT2D eigenvalue weighted by molar-refractivity contribution is -0.139. The van der Waals surface area contributed by atoms with Gasteiger partial charge in [0.15, 0.2) is 11.5 Å². The van der Waals surface area contributed by atoms with Crippen molar-refractivity contribution in [2.45, 2.75) is 19.4 Å². The lowest BCUT2D eigenvalue weighted by Crippen LogP contribution is -2.38. The first-order valence-corrected chi connectivity index (χ1v) is 6.40. The third-order valence-electron chi connectivity index (χ3n) is 3.34. The van der Waals surface area contributed by atoms with E-state index in [0.717, 1.165) is 17.1 Å². The molecule has 5 nitrogen and oxygen atoms in total. The minimum atomic E-state index is -0.0915. The average molecular weight is 261 g/mol. The summed E-state index contributed by atoms with van der Waals surface area (Å²) in [7, 11) is 0. The van der Waals surface area contributed by atoms with Crippen molar-refractivity contribution in [2.75, 3.05) is 19.8 Å². The summed E-state index contributed by atoms with van der Waals surface area (Å²) in [5.41, 5.74) is 0.993. The van der Waals surface area contributed by atoms with Gasteiger partial charge in [0.1, 0.15) is 19.0 Å². The van der Waals surface area contributed by atoms with Crippen LogP contribution in [0.3, 0.4) is 0 Å². The smallest absolute Gasteiger partial charge is 0.230 e. The zero-order valence-electron chi connectivity index (χ0n) is 10.6. The number of benzene rings is 1. The molecule has 0 aliphatic carbocycles. The van der Waals surface area contributed by atoms with Crippen molar-refractivity contribution in [3.63, 3.8) is 0 Å². The molecule has 0 N–H and O–H groups in total. The van der Waals surface area contributed by atoms with E-state index in [2.05, 4.69) is 0 Å². The largest absolute Gasteiger partial charge is 0.486 e. The maximum Gasteiger partial charge on any atom is 0.230 e. The summed E-state index contributed by atoms with van der Waals surface area (Å²) in [5.74, 6) is 1.41. The Labute approximate surface area is 111 Å². The number of likely N-dealkylation sites (tertiary alicyclic amines) is 1. The summed E-state index contributed by atoms with van der Waals surface area (Å²) in [5, 5.41) is 0. The number of hydrogen-bond donors (Lipinski definition) is 0. The Bertz CT molecular complexity index is 526. The van der Waals surface area contributed by atoms with Crippen LogP contribution >= 0.6 is 0 Å². The molecule has 3 rings (SSSR count). The van der Waals surface area contributed by atoms with Crippen molar-refractivity contribution in [1.82, 2.24) is 4.90 Å². The predicted octanol–water partition coefficient (Wildman–Crippen LogP) is 1.15. The van der Waals surface area contributed by atoms with E-state index in [9.17, 15) is 9.59 Å². The van der Waals surface area contributed by atoms with E-state index >= 15 is 0 Å².